The fourth-order valence-electron chi connectivity index (χ4n) is 8.88. The molecule has 3 aromatic rings. The maximum absolute atomic E-state index is 15.0. The average molecular weight is 692 g/mol. The number of anilines is 1. The average Bonchev–Trinajstić information content (AvgIpc) is 3.48. The first-order chi connectivity index (χ1) is 21.5. The normalized spacial score (nSPS) is 26.6. The zero-order chi connectivity index (χ0) is 30.1. The van der Waals surface area contributed by atoms with E-state index in [-0.39, 0.29) is 30.4 Å². The van der Waals surface area contributed by atoms with Crippen molar-refractivity contribution in [1.29, 1.82) is 0 Å². The number of hydrogen-bond donors (Lipinski definition) is 2. The number of carbonyl (C=O) groups excluding carboxylic acids is 2. The Bertz CT molecular complexity index is 1480. The van der Waals surface area contributed by atoms with E-state index in [9.17, 15) is 9.59 Å². The number of halogens is 2. The van der Waals surface area contributed by atoms with E-state index in [2.05, 4.69) is 80.0 Å². The van der Waals surface area contributed by atoms with Crippen LogP contribution in [0.15, 0.2) is 83.3 Å². The predicted molar refractivity (Wildman–Crippen MR) is 177 cm³/mol. The fourth-order valence-corrected chi connectivity index (χ4v) is 9.29. The molecule has 1 unspecified atom stereocenters. The number of likely N-dealkylation sites (tertiary alicyclic amines) is 1. The van der Waals surface area contributed by atoms with Crippen LogP contribution in [-0.4, -0.2) is 54.0 Å². The molecule has 238 valence electrons. The van der Waals surface area contributed by atoms with Crippen molar-refractivity contribution >= 4 is 33.6 Å². The number of nitrogens with one attached hydrogen (secondary N) is 1. The van der Waals surface area contributed by atoms with Crippen LogP contribution in [0.25, 0.3) is 0 Å². The number of carbonyl (C=O) groups is 2. The van der Waals surface area contributed by atoms with Gasteiger partial charge in [-0.15, -0.1) is 0 Å². The molecule has 0 bridgehead atoms. The van der Waals surface area contributed by atoms with Crippen molar-refractivity contribution in [3.63, 3.8) is 0 Å². The highest BCUT2D eigenvalue weighted by molar-refractivity contribution is 9.10. The molecule has 1 saturated carbocycles. The third kappa shape index (κ3) is 6.41. The molecule has 3 aliphatic heterocycles. The lowest BCUT2D eigenvalue weighted by Gasteiger charge is -2.48. The van der Waals surface area contributed by atoms with Crippen molar-refractivity contribution < 1.29 is 27.3 Å². The van der Waals surface area contributed by atoms with Crippen molar-refractivity contribution in [3.8, 4) is 0 Å². The van der Waals surface area contributed by atoms with Crippen molar-refractivity contribution in [3.05, 3.63) is 100 Å². The second-order valence-corrected chi connectivity index (χ2v) is 14.4. The first-order valence-electron chi connectivity index (χ1n) is 16.6. The molecule has 3 aromatic carbocycles. The highest BCUT2D eigenvalue weighted by Crippen LogP contribution is 2.45. The number of nitrogens with zero attached hydrogens (tertiary/aromatic N) is 2. The monoisotopic (exact) mass is 690 g/mol. The van der Waals surface area contributed by atoms with E-state index in [0.717, 1.165) is 48.2 Å². The van der Waals surface area contributed by atoms with Gasteiger partial charge in [-0.3, -0.25) is 4.79 Å². The maximum atomic E-state index is 15.0. The Morgan fingerprint density at radius 3 is 2.40 bits per heavy atom. The number of quaternary nitrogens is 1. The standard InChI is InChI=1S/C37H43BrN4O2.ClH/c38-30-16-17-32-29(20-30)23-41(36(44)40-31-14-8-3-9-15-31)25-37(32)24-39-22-33(37)35(43)42-19-18-28(26-10-4-1-5-11-26)21-34(42)27-12-6-2-7-13-27;/h1,3-5,8-11,14-17,20,27-28,33-34,39H,2,6-7,12-13,18-19,21-25H2,(H,40,44);1H/t28-,33?,34+,37-;/m1./s1. The van der Waals surface area contributed by atoms with Gasteiger partial charge in [0.15, 0.2) is 0 Å². The van der Waals surface area contributed by atoms with Gasteiger partial charge in [0.1, 0.15) is 5.92 Å². The van der Waals surface area contributed by atoms with Crippen molar-refractivity contribution in [2.75, 3.05) is 31.5 Å². The van der Waals surface area contributed by atoms with E-state index in [1.54, 1.807) is 0 Å². The predicted octanol–water partition coefficient (Wildman–Crippen LogP) is 3.29. The summed E-state index contributed by atoms with van der Waals surface area (Å²) >= 11 is 3.68. The molecule has 1 aliphatic carbocycles. The smallest absolute Gasteiger partial charge is 0.322 e. The van der Waals surface area contributed by atoms with E-state index in [4.69, 9.17) is 0 Å². The molecule has 3 fully saturated rings. The van der Waals surface area contributed by atoms with E-state index >= 15 is 0 Å². The second-order valence-electron chi connectivity index (χ2n) is 13.5. The molecule has 4 atom stereocenters. The summed E-state index contributed by atoms with van der Waals surface area (Å²) in [6.45, 7) is 3.46. The van der Waals surface area contributed by atoms with E-state index in [1.165, 1.54) is 43.2 Å². The Morgan fingerprint density at radius 2 is 1.64 bits per heavy atom. The number of urea groups is 1. The Labute approximate surface area is 281 Å². The summed E-state index contributed by atoms with van der Waals surface area (Å²) in [6, 6.07) is 27.2. The summed E-state index contributed by atoms with van der Waals surface area (Å²) in [5, 5.41) is 5.43. The lowest BCUT2D eigenvalue weighted by Crippen LogP contribution is -3.00. The first-order valence-corrected chi connectivity index (χ1v) is 17.4. The zero-order valence-electron chi connectivity index (χ0n) is 25.8. The minimum atomic E-state index is -0.424. The Morgan fingerprint density at radius 1 is 0.911 bits per heavy atom. The zero-order valence-corrected chi connectivity index (χ0v) is 28.2. The van der Waals surface area contributed by atoms with Gasteiger partial charge in [0.2, 0.25) is 5.91 Å². The van der Waals surface area contributed by atoms with Gasteiger partial charge in [-0.25, -0.2) is 4.79 Å². The highest BCUT2D eigenvalue weighted by atomic mass is 79.9. The van der Waals surface area contributed by atoms with Gasteiger partial charge in [0.25, 0.3) is 0 Å². The summed E-state index contributed by atoms with van der Waals surface area (Å²) in [4.78, 5) is 33.0. The minimum Gasteiger partial charge on any atom is -1.00 e. The van der Waals surface area contributed by atoms with Crippen LogP contribution >= 0.6 is 15.9 Å². The lowest BCUT2D eigenvalue weighted by atomic mass is 9.67. The molecule has 1 spiro atoms. The van der Waals surface area contributed by atoms with Gasteiger partial charge in [0, 0.05) is 35.8 Å². The van der Waals surface area contributed by atoms with E-state index in [1.807, 2.05) is 35.2 Å². The van der Waals surface area contributed by atoms with Crippen LogP contribution < -0.4 is 23.0 Å². The number of hydrogen-bond acceptors (Lipinski definition) is 2. The molecular formula is C37H44BrClN4O2. The van der Waals surface area contributed by atoms with Gasteiger partial charge in [0.05, 0.1) is 18.5 Å². The number of para-hydroxylation sites is 1. The summed E-state index contributed by atoms with van der Waals surface area (Å²) in [7, 11) is 0. The SMILES string of the molecule is O=C(Nc1ccccc1)N1Cc2cc(Br)ccc2[C@@]2(C[NH2+]CC2C(=O)N2CC[C@@H](c3ccccc3)C[C@H]2C2CCCCC2)C1.[Cl-]. The summed E-state index contributed by atoms with van der Waals surface area (Å²) in [6.07, 6.45) is 8.37. The third-order valence-electron chi connectivity index (χ3n) is 11.0. The molecular weight excluding hydrogens is 648 g/mol. The molecule has 3 amide bonds. The molecule has 3 heterocycles. The van der Waals surface area contributed by atoms with Gasteiger partial charge in [-0.2, -0.15) is 0 Å². The Balaban J connectivity index is 0.00000357. The van der Waals surface area contributed by atoms with Gasteiger partial charge < -0.3 is 32.8 Å². The molecule has 0 aromatic heterocycles. The summed E-state index contributed by atoms with van der Waals surface area (Å²) in [5.74, 6) is 1.21. The van der Waals surface area contributed by atoms with Crippen LogP contribution in [0.4, 0.5) is 10.5 Å². The van der Waals surface area contributed by atoms with Crippen molar-refractivity contribution in [1.82, 2.24) is 9.80 Å². The van der Waals surface area contributed by atoms with E-state index in [0.29, 0.717) is 30.8 Å². The molecule has 45 heavy (non-hydrogen) atoms. The highest BCUT2D eigenvalue weighted by Gasteiger charge is 2.57. The van der Waals surface area contributed by atoms with Crippen LogP contribution in [0.3, 0.4) is 0 Å². The molecule has 6 nitrogen and oxygen atoms in total. The molecule has 8 heteroatoms. The second kappa shape index (κ2) is 13.9. The van der Waals surface area contributed by atoms with Gasteiger partial charge >= 0.3 is 6.03 Å². The maximum Gasteiger partial charge on any atom is 0.322 e. The molecule has 2 saturated heterocycles. The minimum absolute atomic E-state index is 0. The quantitative estimate of drug-likeness (QED) is 0.442. The van der Waals surface area contributed by atoms with Crippen LogP contribution in [0.2, 0.25) is 0 Å². The molecule has 7 rings (SSSR count). The number of fused-ring (bicyclic) bond motifs is 2. The Hall–Kier alpha value is -2.87. The van der Waals surface area contributed by atoms with Gasteiger partial charge in [-0.1, -0.05) is 89.8 Å². The fraction of sp³-hybridized carbons (Fsp3) is 0.459. The van der Waals surface area contributed by atoms with Crippen LogP contribution in [0.5, 0.6) is 0 Å². The summed E-state index contributed by atoms with van der Waals surface area (Å²) < 4.78 is 1.00. The number of piperidine rings is 1. The number of benzene rings is 3. The van der Waals surface area contributed by atoms with Crippen LogP contribution in [-0.2, 0) is 16.8 Å². The van der Waals surface area contributed by atoms with Gasteiger partial charge in [-0.05, 0) is 78.5 Å². The first kappa shape index (κ1) is 32.1. The topological polar surface area (TPSA) is 69.3 Å². The molecule has 4 aliphatic rings. The summed E-state index contributed by atoms with van der Waals surface area (Å²) in [5.41, 5.74) is 4.15. The molecule has 0 radical (unpaired) electrons. The third-order valence-corrected chi connectivity index (χ3v) is 11.5. The van der Waals surface area contributed by atoms with E-state index < -0.39 is 5.41 Å². The number of rotatable bonds is 4. The Kier molecular flexibility index (Phi) is 9.88. The largest absolute Gasteiger partial charge is 1.00 e. The number of amides is 3. The van der Waals surface area contributed by atoms with Crippen LogP contribution in [0.1, 0.15) is 67.6 Å². The molecule has 3 N–H and O–H groups in total. The van der Waals surface area contributed by atoms with Crippen molar-refractivity contribution in [2.24, 2.45) is 11.8 Å². The number of nitrogens with two attached hydrogens (primary N) is 1. The lowest BCUT2D eigenvalue weighted by molar-refractivity contribution is -0.640. The van der Waals surface area contributed by atoms with Crippen molar-refractivity contribution in [2.45, 2.75) is 68.9 Å². The van der Waals surface area contributed by atoms with Crippen LogP contribution in [0, 0.1) is 11.8 Å².